The quantitative estimate of drug-likeness (QED) is 0.783. The Labute approximate surface area is 107 Å². The van der Waals surface area contributed by atoms with E-state index in [4.69, 9.17) is 9.47 Å². The van der Waals surface area contributed by atoms with Gasteiger partial charge in [0.1, 0.15) is 11.5 Å². The van der Waals surface area contributed by atoms with Crippen molar-refractivity contribution in [3.05, 3.63) is 23.3 Å². The molecule has 1 fully saturated rings. The van der Waals surface area contributed by atoms with Crippen LogP contribution in [-0.4, -0.2) is 32.6 Å². The van der Waals surface area contributed by atoms with Gasteiger partial charge in [-0.3, -0.25) is 4.79 Å². The van der Waals surface area contributed by atoms with Gasteiger partial charge in [-0.1, -0.05) is 0 Å². The Morgan fingerprint density at radius 3 is 2.50 bits per heavy atom. The van der Waals surface area contributed by atoms with Crippen LogP contribution in [0.2, 0.25) is 0 Å². The number of carbonyl (C=O) groups excluding carboxylic acids is 1. The summed E-state index contributed by atoms with van der Waals surface area (Å²) >= 11 is 0. The van der Waals surface area contributed by atoms with Gasteiger partial charge in [-0.2, -0.15) is 0 Å². The normalized spacial score (nSPS) is 14.4. The highest BCUT2D eigenvalue weighted by Crippen LogP contribution is 2.28. The van der Waals surface area contributed by atoms with E-state index in [0.29, 0.717) is 29.6 Å². The molecule has 0 atom stereocenters. The number of aryl methyl sites for hydroxylation is 1. The van der Waals surface area contributed by atoms with E-state index >= 15 is 0 Å². The molecule has 4 heteroatoms. The van der Waals surface area contributed by atoms with E-state index in [1.165, 1.54) is 12.8 Å². The zero-order valence-corrected chi connectivity index (χ0v) is 11.1. The maximum absolute atomic E-state index is 12.1. The van der Waals surface area contributed by atoms with Crippen molar-refractivity contribution in [1.29, 1.82) is 0 Å². The van der Waals surface area contributed by atoms with Gasteiger partial charge in [0.25, 0.3) is 0 Å². The summed E-state index contributed by atoms with van der Waals surface area (Å²) in [7, 11) is 3.18. The number of rotatable bonds is 6. The summed E-state index contributed by atoms with van der Waals surface area (Å²) in [6, 6.07) is 4.11. The van der Waals surface area contributed by atoms with Crippen molar-refractivity contribution in [3.8, 4) is 11.5 Å². The molecule has 0 amide bonds. The molecule has 1 aromatic rings. The predicted octanol–water partition coefficient (Wildman–Crippen LogP) is 1.95. The Morgan fingerprint density at radius 1 is 1.28 bits per heavy atom. The molecular weight excluding hydrogens is 230 g/mol. The minimum atomic E-state index is 0.0389. The third-order valence-electron chi connectivity index (χ3n) is 3.15. The molecule has 0 unspecified atom stereocenters. The standard InChI is InChI=1S/C14H19NO3/c1-9-6-14(18-3)11(7-13(9)17-2)12(16)8-15-10-4-5-10/h6-7,10,15H,4-5,8H2,1-3H3. The molecule has 18 heavy (non-hydrogen) atoms. The van der Waals surface area contributed by atoms with Gasteiger partial charge in [0.15, 0.2) is 5.78 Å². The van der Waals surface area contributed by atoms with Crippen molar-refractivity contribution in [2.75, 3.05) is 20.8 Å². The van der Waals surface area contributed by atoms with Crippen LogP contribution in [0.5, 0.6) is 11.5 Å². The Balaban J connectivity index is 2.19. The maximum atomic E-state index is 12.1. The zero-order valence-electron chi connectivity index (χ0n) is 11.1. The summed E-state index contributed by atoms with van der Waals surface area (Å²) in [6.07, 6.45) is 2.34. The Kier molecular flexibility index (Phi) is 3.87. The molecule has 1 aliphatic rings. The van der Waals surface area contributed by atoms with Crippen LogP contribution in [0.1, 0.15) is 28.8 Å². The predicted molar refractivity (Wildman–Crippen MR) is 69.6 cm³/mol. The summed E-state index contributed by atoms with van der Waals surface area (Å²) < 4.78 is 10.5. The van der Waals surface area contributed by atoms with Gasteiger partial charge in [-0.05, 0) is 37.5 Å². The summed E-state index contributed by atoms with van der Waals surface area (Å²) in [5.74, 6) is 1.36. The number of benzene rings is 1. The molecule has 0 bridgehead atoms. The van der Waals surface area contributed by atoms with E-state index in [2.05, 4.69) is 5.32 Å². The molecule has 0 saturated heterocycles. The molecule has 2 rings (SSSR count). The number of ketones is 1. The number of hydrogen-bond acceptors (Lipinski definition) is 4. The van der Waals surface area contributed by atoms with Gasteiger partial charge in [-0.25, -0.2) is 0 Å². The first-order valence-electron chi connectivity index (χ1n) is 6.15. The van der Waals surface area contributed by atoms with E-state index in [-0.39, 0.29) is 5.78 Å². The van der Waals surface area contributed by atoms with Crippen LogP contribution in [0.15, 0.2) is 12.1 Å². The SMILES string of the molecule is COc1cc(C(=O)CNC2CC2)c(OC)cc1C. The first kappa shape index (κ1) is 12.9. The molecule has 1 saturated carbocycles. The third-order valence-corrected chi connectivity index (χ3v) is 3.15. The largest absolute Gasteiger partial charge is 0.496 e. The number of nitrogens with one attached hydrogen (secondary N) is 1. The van der Waals surface area contributed by atoms with Crippen molar-refractivity contribution >= 4 is 5.78 Å². The number of methoxy groups -OCH3 is 2. The zero-order chi connectivity index (χ0) is 13.1. The molecule has 1 aromatic carbocycles. The van der Waals surface area contributed by atoms with Crippen LogP contribution in [0, 0.1) is 6.92 Å². The second-order valence-electron chi connectivity index (χ2n) is 4.60. The molecule has 0 radical (unpaired) electrons. The first-order valence-corrected chi connectivity index (χ1v) is 6.15. The monoisotopic (exact) mass is 249 g/mol. The number of carbonyl (C=O) groups is 1. The lowest BCUT2D eigenvalue weighted by Gasteiger charge is -2.12. The average molecular weight is 249 g/mol. The Bertz CT molecular complexity index is 453. The Morgan fingerprint density at radius 2 is 1.94 bits per heavy atom. The van der Waals surface area contributed by atoms with Crippen LogP contribution < -0.4 is 14.8 Å². The minimum Gasteiger partial charge on any atom is -0.496 e. The van der Waals surface area contributed by atoms with Crippen LogP contribution >= 0.6 is 0 Å². The van der Waals surface area contributed by atoms with Crippen LogP contribution in [0.3, 0.4) is 0 Å². The van der Waals surface area contributed by atoms with Crippen LogP contribution in [0.4, 0.5) is 0 Å². The molecular formula is C14H19NO3. The molecule has 0 aromatic heterocycles. The molecule has 1 aliphatic carbocycles. The fourth-order valence-corrected chi connectivity index (χ4v) is 1.89. The molecule has 0 spiro atoms. The van der Waals surface area contributed by atoms with Gasteiger partial charge in [-0.15, -0.1) is 0 Å². The van der Waals surface area contributed by atoms with Gasteiger partial charge >= 0.3 is 0 Å². The van der Waals surface area contributed by atoms with Crippen molar-refractivity contribution in [2.24, 2.45) is 0 Å². The highest BCUT2D eigenvalue weighted by molar-refractivity contribution is 6.00. The van der Waals surface area contributed by atoms with Gasteiger partial charge in [0, 0.05) is 6.04 Å². The van der Waals surface area contributed by atoms with E-state index in [1.54, 1.807) is 20.3 Å². The number of hydrogen-bond donors (Lipinski definition) is 1. The lowest BCUT2D eigenvalue weighted by molar-refractivity contribution is 0.0987. The molecule has 0 heterocycles. The molecule has 4 nitrogen and oxygen atoms in total. The average Bonchev–Trinajstić information content (AvgIpc) is 3.19. The lowest BCUT2D eigenvalue weighted by Crippen LogP contribution is -2.25. The van der Waals surface area contributed by atoms with Gasteiger partial charge < -0.3 is 14.8 Å². The van der Waals surface area contributed by atoms with Gasteiger partial charge in [0.05, 0.1) is 26.3 Å². The van der Waals surface area contributed by atoms with Crippen molar-refractivity contribution < 1.29 is 14.3 Å². The second kappa shape index (κ2) is 5.40. The van der Waals surface area contributed by atoms with Crippen molar-refractivity contribution in [2.45, 2.75) is 25.8 Å². The van der Waals surface area contributed by atoms with Crippen molar-refractivity contribution in [1.82, 2.24) is 5.32 Å². The third kappa shape index (κ3) is 2.82. The summed E-state index contributed by atoms with van der Waals surface area (Å²) in [5, 5.41) is 3.21. The summed E-state index contributed by atoms with van der Waals surface area (Å²) in [4.78, 5) is 12.1. The maximum Gasteiger partial charge on any atom is 0.180 e. The van der Waals surface area contributed by atoms with E-state index < -0.39 is 0 Å². The highest BCUT2D eigenvalue weighted by Gasteiger charge is 2.23. The van der Waals surface area contributed by atoms with Gasteiger partial charge in [0.2, 0.25) is 0 Å². The highest BCUT2D eigenvalue weighted by atomic mass is 16.5. The topological polar surface area (TPSA) is 47.6 Å². The van der Waals surface area contributed by atoms with E-state index in [9.17, 15) is 4.79 Å². The molecule has 0 aliphatic heterocycles. The first-order chi connectivity index (χ1) is 8.65. The van der Waals surface area contributed by atoms with E-state index in [0.717, 1.165) is 5.56 Å². The smallest absolute Gasteiger partial charge is 0.180 e. The number of Topliss-reactive ketones (excluding diaryl/α,β-unsaturated/α-hetero) is 1. The minimum absolute atomic E-state index is 0.0389. The summed E-state index contributed by atoms with van der Waals surface area (Å²) in [6.45, 7) is 2.28. The van der Waals surface area contributed by atoms with Crippen LogP contribution in [0.25, 0.3) is 0 Å². The second-order valence-corrected chi connectivity index (χ2v) is 4.60. The fraction of sp³-hybridized carbons (Fsp3) is 0.500. The summed E-state index contributed by atoms with van der Waals surface area (Å²) in [5.41, 5.74) is 1.54. The van der Waals surface area contributed by atoms with Crippen molar-refractivity contribution in [3.63, 3.8) is 0 Å². The number of ether oxygens (including phenoxy) is 2. The Hall–Kier alpha value is -1.55. The lowest BCUT2D eigenvalue weighted by atomic mass is 10.1. The fourth-order valence-electron chi connectivity index (χ4n) is 1.89. The van der Waals surface area contributed by atoms with E-state index in [1.807, 2.05) is 13.0 Å². The molecule has 1 N–H and O–H groups in total. The molecule has 98 valence electrons. The van der Waals surface area contributed by atoms with Crippen LogP contribution in [-0.2, 0) is 0 Å².